The van der Waals surface area contributed by atoms with Gasteiger partial charge in [-0.25, -0.2) is 0 Å². The molecule has 0 fully saturated rings. The van der Waals surface area contributed by atoms with Crippen LogP contribution in [0, 0.1) is 0 Å². The Bertz CT molecular complexity index is 8740. The first-order valence-electron chi connectivity index (χ1n) is 47.2. The van der Waals surface area contributed by atoms with Gasteiger partial charge in [0, 0.05) is 101 Å². The summed E-state index contributed by atoms with van der Waals surface area (Å²) in [6.07, 6.45) is 0. The van der Waals surface area contributed by atoms with E-state index in [0.717, 1.165) is 163 Å². The molecule has 138 heavy (non-hydrogen) atoms. The van der Waals surface area contributed by atoms with E-state index in [-0.39, 0.29) is 0 Å². The Balaban J connectivity index is 0.000000149. The van der Waals surface area contributed by atoms with Crippen molar-refractivity contribution in [2.75, 3.05) is 19.6 Å². The SMILES string of the molecule is c1ccc(-c2ccc(N(c3ccccc3)c3ccc4c(c3)Oc3cccc5c3c-4cc3c4ccccc4c(N(c4ccccc4)c4ccc(-c6ccccc6)cc4-c4ccccc4)cc53)c(-c3ccccc3)c2)cc1.c1ccc(-c2ccccc2N(c2ccccc2)c2ccc3c(c2)Oc2cccc4c2c-3cc2c3ccccc3c(N(c3ccccc3)c3ccccc3-c3ccccc3)cc42)cc1. The van der Waals surface area contributed by atoms with Gasteiger partial charge in [0.15, 0.2) is 0 Å². The van der Waals surface area contributed by atoms with Crippen molar-refractivity contribution >= 4 is 133 Å². The first-order valence-corrected chi connectivity index (χ1v) is 47.2. The molecule has 0 spiro atoms. The summed E-state index contributed by atoms with van der Waals surface area (Å²) in [7, 11) is 0. The van der Waals surface area contributed by atoms with Crippen LogP contribution in [-0.4, -0.2) is 0 Å². The highest BCUT2D eigenvalue weighted by molar-refractivity contribution is 6.28. The summed E-state index contributed by atoms with van der Waals surface area (Å²) in [6.45, 7) is 0. The number of nitrogens with zero attached hydrogens (tertiary/aromatic N) is 4. The minimum atomic E-state index is 0.818. The lowest BCUT2D eigenvalue weighted by molar-refractivity contribution is 0.487. The topological polar surface area (TPSA) is 31.4 Å². The van der Waals surface area contributed by atoms with E-state index < -0.39 is 0 Å². The van der Waals surface area contributed by atoms with Crippen LogP contribution in [-0.2, 0) is 0 Å². The van der Waals surface area contributed by atoms with Crippen molar-refractivity contribution in [3.63, 3.8) is 0 Å². The van der Waals surface area contributed by atoms with Gasteiger partial charge in [0.25, 0.3) is 0 Å². The van der Waals surface area contributed by atoms with Gasteiger partial charge >= 0.3 is 0 Å². The summed E-state index contributed by atoms with van der Waals surface area (Å²) in [5.74, 6) is 3.35. The Morgan fingerprint density at radius 3 is 0.761 bits per heavy atom. The lowest BCUT2D eigenvalue weighted by Crippen LogP contribution is -2.12. The van der Waals surface area contributed by atoms with E-state index >= 15 is 0 Å². The van der Waals surface area contributed by atoms with Crippen LogP contribution >= 0.6 is 0 Å². The molecule has 24 aromatic carbocycles. The van der Waals surface area contributed by atoms with E-state index in [4.69, 9.17) is 9.47 Å². The van der Waals surface area contributed by atoms with E-state index in [9.17, 15) is 0 Å². The molecule has 0 saturated heterocycles. The van der Waals surface area contributed by atoms with Crippen LogP contribution in [0.25, 0.3) is 154 Å². The molecule has 0 saturated carbocycles. The third-order valence-electron chi connectivity index (χ3n) is 27.2. The summed E-state index contributed by atoms with van der Waals surface area (Å²) in [4.78, 5) is 9.59. The van der Waals surface area contributed by atoms with Gasteiger partial charge in [-0.3, -0.25) is 0 Å². The molecule has 26 rings (SSSR count). The third-order valence-corrected chi connectivity index (χ3v) is 27.2. The molecular weight excluding hydrogens is 1670 g/mol. The van der Waals surface area contributed by atoms with Crippen molar-refractivity contribution in [3.8, 4) is 112 Å². The van der Waals surface area contributed by atoms with Gasteiger partial charge in [-0.2, -0.15) is 0 Å². The molecule has 0 atom stereocenters. The Morgan fingerprint density at radius 2 is 0.391 bits per heavy atom. The number of hydrogen-bond acceptors (Lipinski definition) is 6. The zero-order chi connectivity index (χ0) is 91.4. The number of ether oxygens (including phenoxy) is 2. The molecule has 0 aliphatic carbocycles. The van der Waals surface area contributed by atoms with Gasteiger partial charge in [0.2, 0.25) is 0 Å². The summed E-state index contributed by atoms with van der Waals surface area (Å²) in [5, 5.41) is 14.0. The second kappa shape index (κ2) is 35.3. The number of anilines is 12. The Hall–Kier alpha value is -18.4. The molecule has 0 unspecified atom stereocenters. The molecule has 0 N–H and O–H groups in total. The first-order chi connectivity index (χ1) is 68.5. The number of para-hydroxylation sites is 6. The summed E-state index contributed by atoms with van der Waals surface area (Å²) in [5.41, 5.74) is 31.3. The molecule has 2 heterocycles. The number of hydrogen-bond donors (Lipinski definition) is 0. The Kier molecular flexibility index (Phi) is 20.9. The first kappa shape index (κ1) is 81.6. The van der Waals surface area contributed by atoms with E-state index in [1.165, 1.54) is 82.2 Å². The maximum absolute atomic E-state index is 7.13. The molecular formula is C132H88N4O2. The minimum Gasteiger partial charge on any atom is -0.456 e. The fraction of sp³-hybridized carbons (Fsp3) is 0. The van der Waals surface area contributed by atoms with Crippen molar-refractivity contribution in [2.45, 2.75) is 0 Å². The van der Waals surface area contributed by atoms with Crippen molar-refractivity contribution < 1.29 is 9.47 Å². The quantitative estimate of drug-likeness (QED) is 0.0796. The van der Waals surface area contributed by atoms with Crippen molar-refractivity contribution in [3.05, 3.63) is 534 Å². The lowest BCUT2D eigenvalue weighted by Gasteiger charge is -2.31. The maximum atomic E-state index is 7.13. The fourth-order valence-electron chi connectivity index (χ4n) is 20.9. The minimum absolute atomic E-state index is 0.818. The number of fused-ring (bicyclic) bond motifs is 12. The molecule has 0 bridgehead atoms. The standard InChI is InChI=1S/C72H48N2O.C60H40N2O/c1-7-22-49(23-8-1)53-38-42-67(62(44-53)51-26-11-3-12-27-51)73(55-30-15-5-16-31-55)57-40-41-60-66-47-64-58-34-19-20-35-59(58)69(48-65(64)61-36-21-37-70(72(61)66)75-71(60)46-57)74(56-32-17-6-18-33-56)68-43-39-54(50-24-9-2-10-25-50)45-63(68)52-28-13-4-14-29-52;1-5-20-41(21-6-1)46-28-15-17-33-55(46)61(43-24-9-3-10-25-43)45-36-37-50-54-39-52-48-30-13-14-31-49(48)57(40-53(52)51-32-19-35-58(60(51)54)63-59(50)38-45)62(44-26-11-4-12-27-44)56-34-18-16-29-47(56)42-22-7-2-8-23-42/h1-48H;1-40H. The van der Waals surface area contributed by atoms with E-state index in [0.29, 0.717) is 0 Å². The second-order valence-electron chi connectivity index (χ2n) is 35.2. The summed E-state index contributed by atoms with van der Waals surface area (Å²) >= 11 is 0. The van der Waals surface area contributed by atoms with Gasteiger partial charge < -0.3 is 29.1 Å². The van der Waals surface area contributed by atoms with Crippen LogP contribution in [0.4, 0.5) is 68.2 Å². The molecule has 6 heteroatoms. The number of rotatable bonds is 18. The van der Waals surface area contributed by atoms with Crippen LogP contribution in [0.3, 0.4) is 0 Å². The van der Waals surface area contributed by atoms with Gasteiger partial charge in [0.1, 0.15) is 23.0 Å². The molecule has 0 radical (unpaired) electrons. The highest BCUT2D eigenvalue weighted by Crippen LogP contribution is 2.58. The van der Waals surface area contributed by atoms with Crippen molar-refractivity contribution in [2.24, 2.45) is 0 Å². The molecule has 0 amide bonds. The second-order valence-corrected chi connectivity index (χ2v) is 35.2. The molecule has 648 valence electrons. The summed E-state index contributed by atoms with van der Waals surface area (Å²) < 4.78 is 14.1. The molecule has 2 aliphatic heterocycles. The Morgan fingerprint density at radius 1 is 0.116 bits per heavy atom. The average Bonchev–Trinajstić information content (AvgIpc) is 0.712. The normalized spacial score (nSPS) is 11.6. The predicted molar refractivity (Wildman–Crippen MR) is 580 cm³/mol. The van der Waals surface area contributed by atoms with Crippen LogP contribution in [0.2, 0.25) is 0 Å². The lowest BCUT2D eigenvalue weighted by atomic mass is 9.88. The zero-order valence-electron chi connectivity index (χ0n) is 75.4. The monoisotopic (exact) mass is 1760 g/mol. The van der Waals surface area contributed by atoms with E-state index in [2.05, 4.69) is 553 Å². The predicted octanol–water partition coefficient (Wildman–Crippen LogP) is 37.7. The zero-order valence-corrected chi connectivity index (χ0v) is 75.4. The van der Waals surface area contributed by atoms with Crippen molar-refractivity contribution in [1.82, 2.24) is 0 Å². The van der Waals surface area contributed by atoms with Crippen LogP contribution in [0.5, 0.6) is 23.0 Å². The largest absolute Gasteiger partial charge is 0.456 e. The molecule has 24 aromatic rings. The molecule has 0 aromatic heterocycles. The van der Waals surface area contributed by atoms with E-state index in [1.54, 1.807) is 0 Å². The Labute approximate surface area is 802 Å². The van der Waals surface area contributed by atoms with Gasteiger partial charge in [0.05, 0.1) is 34.1 Å². The highest BCUT2D eigenvalue weighted by atomic mass is 16.5. The van der Waals surface area contributed by atoms with Gasteiger partial charge in [-0.1, -0.05) is 376 Å². The van der Waals surface area contributed by atoms with Crippen LogP contribution in [0.15, 0.2) is 534 Å². The smallest absolute Gasteiger partial charge is 0.137 e. The van der Waals surface area contributed by atoms with Gasteiger partial charge in [-0.05, 0) is 244 Å². The van der Waals surface area contributed by atoms with Crippen LogP contribution in [0.1, 0.15) is 0 Å². The molecule has 6 nitrogen and oxygen atoms in total. The number of benzene rings is 24. The third kappa shape index (κ3) is 14.7. The van der Waals surface area contributed by atoms with Crippen LogP contribution < -0.4 is 29.1 Å². The molecule has 2 aliphatic rings. The maximum Gasteiger partial charge on any atom is 0.137 e. The highest BCUT2D eigenvalue weighted by Gasteiger charge is 2.32. The summed E-state index contributed by atoms with van der Waals surface area (Å²) in [6, 6.07) is 192. The van der Waals surface area contributed by atoms with Crippen molar-refractivity contribution in [1.29, 1.82) is 0 Å². The van der Waals surface area contributed by atoms with Gasteiger partial charge in [-0.15, -0.1) is 0 Å². The van der Waals surface area contributed by atoms with E-state index in [1.807, 2.05) is 0 Å². The fourth-order valence-corrected chi connectivity index (χ4v) is 20.9. The average molecular weight is 1760 g/mol.